The lowest BCUT2D eigenvalue weighted by Crippen LogP contribution is -2.58. The van der Waals surface area contributed by atoms with Crippen molar-refractivity contribution in [3.05, 3.63) is 65.5 Å². The van der Waals surface area contributed by atoms with Gasteiger partial charge in [-0.15, -0.1) is 0 Å². The van der Waals surface area contributed by atoms with Gasteiger partial charge in [0.05, 0.1) is 17.0 Å². The third kappa shape index (κ3) is 5.96. The van der Waals surface area contributed by atoms with Crippen LogP contribution in [0, 0.1) is 11.2 Å². The first-order valence-corrected chi connectivity index (χ1v) is 14.1. The van der Waals surface area contributed by atoms with Crippen molar-refractivity contribution in [1.82, 2.24) is 14.5 Å². The van der Waals surface area contributed by atoms with E-state index in [4.69, 9.17) is 0 Å². The molecule has 212 valence electrons. The van der Waals surface area contributed by atoms with E-state index in [9.17, 15) is 30.8 Å². The van der Waals surface area contributed by atoms with Gasteiger partial charge in [-0.1, -0.05) is 18.6 Å². The number of likely N-dealkylation sites (N-methyl/N-ethyl adjacent to an activating group) is 1. The van der Waals surface area contributed by atoms with Crippen LogP contribution < -0.4 is 5.32 Å². The van der Waals surface area contributed by atoms with Crippen molar-refractivity contribution in [2.75, 3.05) is 27.2 Å². The van der Waals surface area contributed by atoms with Gasteiger partial charge in [0.1, 0.15) is 17.2 Å². The van der Waals surface area contributed by atoms with Gasteiger partial charge in [-0.2, -0.15) is 17.5 Å². The van der Waals surface area contributed by atoms with Crippen LogP contribution in [0.4, 0.5) is 17.6 Å². The number of amidine groups is 1. The number of nitrogens with one attached hydrogen (secondary N) is 1. The number of alkyl halides is 3. The maximum atomic E-state index is 13.6. The first-order chi connectivity index (χ1) is 18.2. The fourth-order valence-electron chi connectivity index (χ4n) is 5.08. The number of benzene rings is 2. The average Bonchev–Trinajstić information content (AvgIpc) is 3.25. The summed E-state index contributed by atoms with van der Waals surface area (Å²) in [5.74, 6) is -0.0176. The molecule has 0 unspecified atom stereocenters. The molecule has 0 aromatic heterocycles. The Hall–Kier alpha value is -2.99. The second-order valence-corrected chi connectivity index (χ2v) is 12.6. The summed E-state index contributed by atoms with van der Waals surface area (Å²) in [6.07, 6.45) is -1.67. The summed E-state index contributed by atoms with van der Waals surface area (Å²) in [6, 6.07) is 8.81. The van der Waals surface area contributed by atoms with Crippen LogP contribution in [0.5, 0.6) is 0 Å². The van der Waals surface area contributed by atoms with Crippen molar-refractivity contribution < 1.29 is 30.8 Å². The van der Waals surface area contributed by atoms with Gasteiger partial charge in [-0.3, -0.25) is 9.79 Å². The van der Waals surface area contributed by atoms with E-state index in [2.05, 4.69) is 10.3 Å². The second-order valence-electron chi connectivity index (χ2n) is 10.7. The zero-order valence-corrected chi connectivity index (χ0v) is 22.9. The summed E-state index contributed by atoms with van der Waals surface area (Å²) >= 11 is 0. The summed E-state index contributed by atoms with van der Waals surface area (Å²) in [4.78, 5) is 18.8. The highest BCUT2D eigenvalue weighted by Crippen LogP contribution is 2.46. The lowest BCUT2D eigenvalue weighted by Gasteiger charge is -2.44. The number of carbonyl (C=O) groups is 1. The van der Waals surface area contributed by atoms with E-state index < -0.39 is 38.5 Å². The van der Waals surface area contributed by atoms with E-state index in [1.807, 2.05) is 0 Å². The van der Waals surface area contributed by atoms with Crippen LogP contribution >= 0.6 is 0 Å². The summed E-state index contributed by atoms with van der Waals surface area (Å²) in [7, 11) is -0.764. The molecule has 39 heavy (non-hydrogen) atoms. The Morgan fingerprint density at radius 2 is 1.67 bits per heavy atom. The predicted molar refractivity (Wildman–Crippen MR) is 139 cm³/mol. The highest BCUT2D eigenvalue weighted by molar-refractivity contribution is 7.89. The molecule has 1 aliphatic carbocycles. The summed E-state index contributed by atoms with van der Waals surface area (Å²) in [5, 5.41) is 3.30. The van der Waals surface area contributed by atoms with Crippen molar-refractivity contribution in [2.24, 2.45) is 10.4 Å². The molecule has 4 rings (SSSR count). The molecule has 0 radical (unpaired) electrons. The molecule has 0 saturated heterocycles. The Labute approximate surface area is 226 Å². The molecule has 0 spiro atoms. The molecule has 1 heterocycles. The van der Waals surface area contributed by atoms with Crippen LogP contribution in [0.15, 0.2) is 58.4 Å². The maximum Gasteiger partial charge on any atom is 0.416 e. The van der Waals surface area contributed by atoms with Gasteiger partial charge in [-0.05, 0) is 68.1 Å². The molecule has 2 aromatic carbocycles. The van der Waals surface area contributed by atoms with Gasteiger partial charge < -0.3 is 10.2 Å². The Morgan fingerprint density at radius 1 is 1.05 bits per heavy atom. The summed E-state index contributed by atoms with van der Waals surface area (Å²) in [5.41, 5.74) is -1.77. The molecule has 12 heteroatoms. The number of amides is 1. The van der Waals surface area contributed by atoms with Crippen molar-refractivity contribution in [2.45, 2.75) is 55.8 Å². The molecule has 0 bridgehead atoms. The SMILES string of the molecule is CN(C)C(=O)[C@@]1(C)CN=C(C2(CCN(Cc3ccc(C(F)(F)F)cc3)S(=O)(=O)c3ccc(F)cc3)CCC2)N1. The summed E-state index contributed by atoms with van der Waals surface area (Å²) < 4.78 is 81.1. The molecular weight excluding hydrogens is 536 g/mol. The number of sulfonamides is 1. The van der Waals surface area contributed by atoms with Gasteiger partial charge in [0, 0.05) is 32.6 Å². The topological polar surface area (TPSA) is 82.1 Å². The van der Waals surface area contributed by atoms with E-state index in [1.165, 1.54) is 33.5 Å². The first kappa shape index (κ1) is 29.0. The first-order valence-electron chi connectivity index (χ1n) is 12.6. The lowest BCUT2D eigenvalue weighted by molar-refractivity contribution is -0.137. The smallest absolute Gasteiger partial charge is 0.358 e. The summed E-state index contributed by atoms with van der Waals surface area (Å²) in [6.45, 7) is 1.95. The molecule has 1 N–H and O–H groups in total. The van der Waals surface area contributed by atoms with E-state index in [0.717, 1.165) is 43.5 Å². The number of carbonyl (C=O) groups excluding carboxylic acids is 1. The number of aliphatic imine (C=N–C) groups is 1. The molecule has 1 aliphatic heterocycles. The Balaban J connectivity index is 1.58. The van der Waals surface area contributed by atoms with Crippen LogP contribution in [0.3, 0.4) is 0 Å². The largest absolute Gasteiger partial charge is 0.416 e. The van der Waals surface area contributed by atoms with E-state index >= 15 is 0 Å². The van der Waals surface area contributed by atoms with Crippen LogP contribution in [0.25, 0.3) is 0 Å². The Bertz CT molecular complexity index is 1340. The number of rotatable bonds is 9. The standard InChI is InChI=1S/C27H32F4N4O3S/c1-25(24(36)34(2)3)18-32-23(33-25)26(13-4-14-26)15-16-35(39(37,38)22-11-9-21(28)10-12-22)17-19-5-7-20(8-6-19)27(29,30)31/h5-12H,4,13-18H2,1-3H3,(H,32,33)/t25-/m1/s1. The minimum atomic E-state index is -4.51. The van der Waals surface area contributed by atoms with Gasteiger partial charge in [0.2, 0.25) is 15.9 Å². The fourth-order valence-corrected chi connectivity index (χ4v) is 6.51. The molecule has 1 atom stereocenters. The van der Waals surface area contributed by atoms with Crippen molar-refractivity contribution >= 4 is 21.8 Å². The fraction of sp³-hybridized carbons (Fsp3) is 0.481. The van der Waals surface area contributed by atoms with Gasteiger partial charge in [0.15, 0.2) is 0 Å². The molecule has 1 fully saturated rings. The van der Waals surface area contributed by atoms with Crippen molar-refractivity contribution in [1.29, 1.82) is 0 Å². The zero-order valence-electron chi connectivity index (χ0n) is 22.1. The minimum Gasteiger partial charge on any atom is -0.358 e. The number of halogens is 4. The van der Waals surface area contributed by atoms with E-state index in [1.54, 1.807) is 21.0 Å². The molecule has 2 aliphatic rings. The molecule has 1 amide bonds. The Morgan fingerprint density at radius 3 is 2.18 bits per heavy atom. The monoisotopic (exact) mass is 568 g/mol. The Kier molecular flexibility index (Phi) is 7.83. The van der Waals surface area contributed by atoms with Crippen molar-refractivity contribution in [3.63, 3.8) is 0 Å². The van der Waals surface area contributed by atoms with Crippen LogP contribution in [-0.4, -0.2) is 62.1 Å². The molecule has 2 aromatic rings. The number of nitrogens with zero attached hydrogens (tertiary/aromatic N) is 3. The highest BCUT2D eigenvalue weighted by Gasteiger charge is 2.49. The van der Waals surface area contributed by atoms with Crippen LogP contribution in [0.2, 0.25) is 0 Å². The quantitative estimate of drug-likeness (QED) is 0.454. The van der Waals surface area contributed by atoms with E-state index in [0.29, 0.717) is 17.8 Å². The second kappa shape index (κ2) is 10.5. The lowest BCUT2D eigenvalue weighted by atomic mass is 9.65. The molecule has 7 nitrogen and oxygen atoms in total. The van der Waals surface area contributed by atoms with Gasteiger partial charge in [0.25, 0.3) is 0 Å². The van der Waals surface area contributed by atoms with E-state index in [-0.39, 0.29) is 30.4 Å². The van der Waals surface area contributed by atoms with Crippen LogP contribution in [0.1, 0.15) is 43.7 Å². The number of hydrogen-bond donors (Lipinski definition) is 1. The van der Waals surface area contributed by atoms with Gasteiger partial charge >= 0.3 is 6.18 Å². The normalized spacial score (nSPS) is 20.8. The predicted octanol–water partition coefficient (Wildman–Crippen LogP) is 4.44. The average molecular weight is 569 g/mol. The molecular formula is C27H32F4N4O3S. The maximum absolute atomic E-state index is 13.6. The zero-order chi connectivity index (χ0) is 28.6. The third-order valence-electron chi connectivity index (χ3n) is 7.57. The van der Waals surface area contributed by atoms with Crippen molar-refractivity contribution in [3.8, 4) is 0 Å². The minimum absolute atomic E-state index is 0.0553. The molecule has 1 saturated carbocycles. The number of hydrogen-bond acceptors (Lipinski definition) is 5. The highest BCUT2D eigenvalue weighted by atomic mass is 32.2. The van der Waals surface area contributed by atoms with Crippen LogP contribution in [-0.2, 0) is 27.5 Å². The third-order valence-corrected chi connectivity index (χ3v) is 9.43. The van der Waals surface area contributed by atoms with Gasteiger partial charge in [-0.25, -0.2) is 12.8 Å².